The van der Waals surface area contributed by atoms with Crippen LogP contribution in [0.25, 0.3) is 0 Å². The molecule has 0 saturated heterocycles. The Balaban J connectivity index is 2.20. The first kappa shape index (κ1) is 16.2. The maximum absolute atomic E-state index is 12.0. The van der Waals surface area contributed by atoms with E-state index in [1.165, 1.54) is 6.07 Å². The van der Waals surface area contributed by atoms with Crippen LogP contribution in [-0.2, 0) is 9.53 Å². The molecule has 0 saturated carbocycles. The Labute approximate surface area is 133 Å². The van der Waals surface area contributed by atoms with Gasteiger partial charge in [-0.15, -0.1) is 0 Å². The van der Waals surface area contributed by atoms with Crippen molar-refractivity contribution >= 4 is 17.7 Å². The summed E-state index contributed by atoms with van der Waals surface area (Å²) >= 11 is 0. The number of esters is 2. The Morgan fingerprint density at radius 1 is 1.04 bits per heavy atom. The number of oxime groups is 1. The van der Waals surface area contributed by atoms with Crippen molar-refractivity contribution in [1.29, 1.82) is 0 Å². The van der Waals surface area contributed by atoms with Gasteiger partial charge in [0.05, 0.1) is 12.2 Å². The van der Waals surface area contributed by atoms with E-state index in [-0.39, 0.29) is 23.6 Å². The van der Waals surface area contributed by atoms with Crippen LogP contribution in [0.3, 0.4) is 0 Å². The van der Waals surface area contributed by atoms with Crippen LogP contribution in [0.15, 0.2) is 59.8 Å². The van der Waals surface area contributed by atoms with Crippen molar-refractivity contribution in [3.8, 4) is 5.75 Å². The van der Waals surface area contributed by atoms with Gasteiger partial charge in [-0.1, -0.05) is 35.5 Å². The number of ether oxygens (including phenoxy) is 2. The van der Waals surface area contributed by atoms with Gasteiger partial charge in [0.25, 0.3) is 0 Å². The van der Waals surface area contributed by atoms with Crippen molar-refractivity contribution in [2.24, 2.45) is 5.16 Å². The van der Waals surface area contributed by atoms with Crippen molar-refractivity contribution in [3.63, 3.8) is 0 Å². The van der Waals surface area contributed by atoms with Crippen LogP contribution in [-0.4, -0.2) is 29.5 Å². The number of benzene rings is 2. The molecule has 23 heavy (non-hydrogen) atoms. The van der Waals surface area contributed by atoms with Crippen LogP contribution in [0, 0.1) is 0 Å². The summed E-state index contributed by atoms with van der Waals surface area (Å²) in [6.45, 7) is 1.80. The summed E-state index contributed by atoms with van der Waals surface area (Å²) in [6.07, 6.45) is 0. The Hall–Kier alpha value is -3.15. The second-order valence-electron chi connectivity index (χ2n) is 4.45. The largest absolute Gasteiger partial charge is 0.461 e. The number of hydrogen-bond acceptors (Lipinski definition) is 6. The molecule has 6 nitrogen and oxygen atoms in total. The van der Waals surface area contributed by atoms with E-state index in [1.807, 2.05) is 0 Å². The number of rotatable bonds is 5. The summed E-state index contributed by atoms with van der Waals surface area (Å²) in [5, 5.41) is 12.0. The summed E-state index contributed by atoms with van der Waals surface area (Å²) in [5.74, 6) is -1.07. The van der Waals surface area contributed by atoms with E-state index in [9.17, 15) is 9.59 Å². The van der Waals surface area contributed by atoms with Gasteiger partial charge in [-0.2, -0.15) is 0 Å². The molecule has 0 aliphatic heterocycles. The first-order valence-corrected chi connectivity index (χ1v) is 6.92. The number of hydrogen-bond donors (Lipinski definition) is 1. The monoisotopic (exact) mass is 313 g/mol. The second kappa shape index (κ2) is 7.74. The van der Waals surface area contributed by atoms with E-state index in [0.29, 0.717) is 5.56 Å². The van der Waals surface area contributed by atoms with Crippen LogP contribution >= 0.6 is 0 Å². The Kier molecular flexibility index (Phi) is 5.46. The van der Waals surface area contributed by atoms with Crippen molar-refractivity contribution in [3.05, 3.63) is 65.7 Å². The molecule has 0 atom stereocenters. The first-order valence-electron chi connectivity index (χ1n) is 6.92. The topological polar surface area (TPSA) is 85.2 Å². The van der Waals surface area contributed by atoms with Crippen molar-refractivity contribution in [2.75, 3.05) is 6.61 Å². The highest BCUT2D eigenvalue weighted by Crippen LogP contribution is 2.16. The van der Waals surface area contributed by atoms with E-state index in [1.54, 1.807) is 55.5 Å². The average Bonchev–Trinajstić information content (AvgIpc) is 2.57. The Morgan fingerprint density at radius 2 is 1.74 bits per heavy atom. The molecule has 0 fully saturated rings. The van der Waals surface area contributed by atoms with E-state index in [2.05, 4.69) is 5.16 Å². The van der Waals surface area contributed by atoms with Gasteiger partial charge in [-0.05, 0) is 31.2 Å². The molecule has 0 aliphatic rings. The predicted octanol–water partition coefficient (Wildman–Crippen LogP) is 2.65. The van der Waals surface area contributed by atoms with Gasteiger partial charge in [-0.3, -0.25) is 0 Å². The van der Waals surface area contributed by atoms with E-state index < -0.39 is 11.9 Å². The SMILES string of the molecule is CCOC(=O)C(=NO)c1cccc(OC(=O)c2ccccc2)c1. The quantitative estimate of drug-likeness (QED) is 0.301. The predicted molar refractivity (Wildman–Crippen MR) is 82.8 cm³/mol. The molecule has 0 amide bonds. The molecule has 2 aromatic carbocycles. The molecule has 0 aliphatic carbocycles. The third kappa shape index (κ3) is 4.16. The molecule has 0 aromatic heterocycles. The van der Waals surface area contributed by atoms with Gasteiger partial charge in [-0.25, -0.2) is 9.59 Å². The van der Waals surface area contributed by atoms with E-state index in [0.717, 1.165) is 0 Å². The summed E-state index contributed by atoms with van der Waals surface area (Å²) in [7, 11) is 0. The molecule has 0 heterocycles. The summed E-state index contributed by atoms with van der Waals surface area (Å²) < 4.78 is 10.0. The van der Waals surface area contributed by atoms with Crippen LogP contribution < -0.4 is 4.74 Å². The zero-order chi connectivity index (χ0) is 16.7. The molecule has 0 spiro atoms. The van der Waals surface area contributed by atoms with Gasteiger partial charge in [0.15, 0.2) is 5.71 Å². The zero-order valence-electron chi connectivity index (χ0n) is 12.4. The molecule has 118 valence electrons. The van der Waals surface area contributed by atoms with Gasteiger partial charge in [0, 0.05) is 5.56 Å². The second-order valence-corrected chi connectivity index (χ2v) is 4.45. The minimum absolute atomic E-state index is 0.153. The van der Waals surface area contributed by atoms with E-state index in [4.69, 9.17) is 14.7 Å². The molecule has 6 heteroatoms. The average molecular weight is 313 g/mol. The van der Waals surface area contributed by atoms with E-state index >= 15 is 0 Å². The molecule has 0 bridgehead atoms. The summed E-state index contributed by atoms with van der Waals surface area (Å²) in [4.78, 5) is 23.7. The molecule has 2 rings (SSSR count). The molecular formula is C17H15NO5. The van der Waals surface area contributed by atoms with Crippen LogP contribution in [0.2, 0.25) is 0 Å². The number of carbonyl (C=O) groups is 2. The third-order valence-electron chi connectivity index (χ3n) is 2.90. The highest BCUT2D eigenvalue weighted by atomic mass is 16.5. The summed E-state index contributed by atoms with van der Waals surface area (Å²) in [5.41, 5.74) is 0.424. The maximum Gasteiger partial charge on any atom is 0.361 e. The normalized spacial score (nSPS) is 10.9. The Morgan fingerprint density at radius 3 is 2.39 bits per heavy atom. The molecule has 0 radical (unpaired) electrons. The lowest BCUT2D eigenvalue weighted by Crippen LogP contribution is -2.19. The lowest BCUT2D eigenvalue weighted by molar-refractivity contribution is -0.135. The van der Waals surface area contributed by atoms with Gasteiger partial charge in [0.1, 0.15) is 5.75 Å². The van der Waals surface area contributed by atoms with Crippen molar-refractivity contribution in [2.45, 2.75) is 6.92 Å². The lowest BCUT2D eigenvalue weighted by atomic mass is 10.1. The molecule has 0 unspecified atom stereocenters. The molecular weight excluding hydrogens is 298 g/mol. The number of carbonyl (C=O) groups excluding carboxylic acids is 2. The van der Waals surface area contributed by atoms with Crippen molar-refractivity contribution in [1.82, 2.24) is 0 Å². The fourth-order valence-corrected chi connectivity index (χ4v) is 1.86. The highest BCUT2D eigenvalue weighted by molar-refractivity contribution is 6.43. The number of nitrogens with zero attached hydrogens (tertiary/aromatic N) is 1. The van der Waals surface area contributed by atoms with Gasteiger partial charge >= 0.3 is 11.9 Å². The fourth-order valence-electron chi connectivity index (χ4n) is 1.86. The maximum atomic E-state index is 12.0. The smallest absolute Gasteiger partial charge is 0.361 e. The van der Waals surface area contributed by atoms with Gasteiger partial charge in [0.2, 0.25) is 0 Å². The van der Waals surface area contributed by atoms with Crippen LogP contribution in [0.5, 0.6) is 5.75 Å². The zero-order valence-corrected chi connectivity index (χ0v) is 12.4. The molecule has 2 aromatic rings. The van der Waals surface area contributed by atoms with Crippen molar-refractivity contribution < 1.29 is 24.3 Å². The lowest BCUT2D eigenvalue weighted by Gasteiger charge is -2.07. The van der Waals surface area contributed by atoms with Crippen LogP contribution in [0.4, 0.5) is 0 Å². The Bertz CT molecular complexity index is 725. The highest BCUT2D eigenvalue weighted by Gasteiger charge is 2.17. The third-order valence-corrected chi connectivity index (χ3v) is 2.90. The fraction of sp³-hybridized carbons (Fsp3) is 0.118. The first-order chi connectivity index (χ1) is 11.2. The minimum atomic E-state index is -0.762. The molecule has 1 N–H and O–H groups in total. The van der Waals surface area contributed by atoms with Crippen LogP contribution in [0.1, 0.15) is 22.8 Å². The standard InChI is InChI=1S/C17H15NO5/c1-2-22-17(20)15(18-21)13-9-6-10-14(11-13)23-16(19)12-7-4-3-5-8-12/h3-11,21H,2H2,1H3. The van der Waals surface area contributed by atoms with Gasteiger partial charge < -0.3 is 14.7 Å². The summed E-state index contributed by atoms with van der Waals surface area (Å²) in [6, 6.07) is 14.6. The minimum Gasteiger partial charge on any atom is -0.461 e.